The molecule has 1 N–H and O–H groups in total. The van der Waals surface area contributed by atoms with Gasteiger partial charge in [-0.15, -0.1) is 0 Å². The molecule has 6 amide bonds. The van der Waals surface area contributed by atoms with Gasteiger partial charge in [0, 0.05) is 125 Å². The number of imide groups is 2. The predicted molar refractivity (Wildman–Crippen MR) is 224 cm³/mol. The largest absolute Gasteiger partial charge is 0.381 e. The Morgan fingerprint density at radius 2 is 1.60 bits per heavy atom. The van der Waals surface area contributed by atoms with E-state index < -0.39 is 42.0 Å². The fourth-order valence-electron chi connectivity index (χ4n) is 10.8. The van der Waals surface area contributed by atoms with Gasteiger partial charge in [-0.3, -0.25) is 48.6 Å². The van der Waals surface area contributed by atoms with E-state index in [9.17, 15) is 28.8 Å². The highest BCUT2D eigenvalue weighted by Gasteiger charge is 2.45. The van der Waals surface area contributed by atoms with Crippen molar-refractivity contribution < 1.29 is 42.3 Å². The van der Waals surface area contributed by atoms with Crippen LogP contribution in [0.25, 0.3) is 0 Å². The van der Waals surface area contributed by atoms with E-state index in [2.05, 4.69) is 19.8 Å². The van der Waals surface area contributed by atoms with Crippen LogP contribution in [-0.2, 0) is 38.5 Å². The molecule has 8 heterocycles. The molecule has 16 nitrogen and oxygen atoms in total. The zero-order chi connectivity index (χ0) is 43.7. The molecule has 2 atom stereocenters. The van der Waals surface area contributed by atoms with E-state index in [0.29, 0.717) is 103 Å². The zero-order valence-corrected chi connectivity index (χ0v) is 35.3. The SMILES string of the molecule is CC(=O)N1CCc2c(c(N3CCCc4cc(C(=O)N5CC[C@H](N6CCN(c7ccc8c(c7)C(=O)N(C7CCC(=O)NC7=O)C8=O)CC6)C5)c(C(F)F)cc43)nn2C2CCOCC2)C1. The van der Waals surface area contributed by atoms with Crippen molar-refractivity contribution in [3.63, 3.8) is 0 Å². The summed E-state index contributed by atoms with van der Waals surface area (Å²) in [7, 11) is 0. The second-order valence-corrected chi connectivity index (χ2v) is 17.7. The number of hydrogen-bond donors (Lipinski definition) is 1. The summed E-state index contributed by atoms with van der Waals surface area (Å²) in [6.45, 7) is 7.90. The maximum absolute atomic E-state index is 15.1. The number of alkyl halides is 2. The number of fused-ring (bicyclic) bond motifs is 3. The van der Waals surface area contributed by atoms with Gasteiger partial charge >= 0.3 is 0 Å². The first-order chi connectivity index (χ1) is 30.4. The van der Waals surface area contributed by atoms with Gasteiger partial charge in [0.1, 0.15) is 6.04 Å². The van der Waals surface area contributed by atoms with Crippen molar-refractivity contribution in [2.24, 2.45) is 0 Å². The number of likely N-dealkylation sites (tertiary alicyclic amines) is 1. The van der Waals surface area contributed by atoms with Gasteiger partial charge < -0.3 is 24.3 Å². The fourth-order valence-corrected chi connectivity index (χ4v) is 10.8. The minimum absolute atomic E-state index is 0.0184. The van der Waals surface area contributed by atoms with Gasteiger partial charge in [0.15, 0.2) is 5.82 Å². The van der Waals surface area contributed by atoms with E-state index in [-0.39, 0.29) is 53.1 Å². The van der Waals surface area contributed by atoms with Gasteiger partial charge in [0.2, 0.25) is 17.7 Å². The van der Waals surface area contributed by atoms with Crippen LogP contribution >= 0.6 is 0 Å². The molecule has 4 saturated heterocycles. The molecule has 7 aliphatic heterocycles. The molecule has 0 bridgehead atoms. The number of piperidine rings is 1. The lowest BCUT2D eigenvalue weighted by Crippen LogP contribution is -2.54. The van der Waals surface area contributed by atoms with Gasteiger partial charge in [0.25, 0.3) is 24.1 Å². The first kappa shape index (κ1) is 41.3. The maximum Gasteiger partial charge on any atom is 0.264 e. The number of rotatable bonds is 7. The number of halogens is 2. The first-order valence-corrected chi connectivity index (χ1v) is 22.2. The van der Waals surface area contributed by atoms with Crippen molar-refractivity contribution in [3.8, 4) is 0 Å². The van der Waals surface area contributed by atoms with Gasteiger partial charge in [-0.1, -0.05) is 0 Å². The van der Waals surface area contributed by atoms with Crippen molar-refractivity contribution >= 4 is 52.6 Å². The van der Waals surface area contributed by atoms with Crippen LogP contribution in [0.4, 0.5) is 26.0 Å². The summed E-state index contributed by atoms with van der Waals surface area (Å²) in [5.74, 6) is -1.89. The summed E-state index contributed by atoms with van der Waals surface area (Å²) in [4.78, 5) is 88.6. The van der Waals surface area contributed by atoms with Crippen molar-refractivity contribution in [1.82, 2.24) is 34.7 Å². The van der Waals surface area contributed by atoms with E-state index in [4.69, 9.17) is 9.84 Å². The monoisotopic (exact) mass is 867 g/mol. The van der Waals surface area contributed by atoms with Crippen LogP contribution in [0.3, 0.4) is 0 Å². The lowest BCUT2D eigenvalue weighted by molar-refractivity contribution is -0.136. The van der Waals surface area contributed by atoms with Crippen molar-refractivity contribution in [3.05, 3.63) is 69.4 Å². The second kappa shape index (κ2) is 16.4. The Morgan fingerprint density at radius 1 is 0.825 bits per heavy atom. The number of nitrogens with one attached hydrogen (secondary N) is 1. The Bertz CT molecular complexity index is 2410. The molecular weight excluding hydrogens is 817 g/mol. The lowest BCUT2D eigenvalue weighted by atomic mass is 9.94. The summed E-state index contributed by atoms with van der Waals surface area (Å²) in [6, 6.07) is 7.47. The number of benzene rings is 2. The van der Waals surface area contributed by atoms with Gasteiger partial charge in [-0.05, 0) is 74.4 Å². The summed E-state index contributed by atoms with van der Waals surface area (Å²) >= 11 is 0. The third-order valence-electron chi connectivity index (χ3n) is 14.2. The molecule has 3 aromatic rings. The molecule has 0 radical (unpaired) electrons. The van der Waals surface area contributed by atoms with Crippen molar-refractivity contribution in [2.75, 3.05) is 75.4 Å². The molecule has 2 aromatic carbocycles. The molecule has 1 aromatic heterocycles. The number of aromatic nitrogens is 2. The number of carbonyl (C=O) groups excluding carboxylic acids is 6. The highest BCUT2D eigenvalue weighted by Crippen LogP contribution is 2.42. The minimum Gasteiger partial charge on any atom is -0.381 e. The number of aryl methyl sites for hydroxylation is 1. The van der Waals surface area contributed by atoms with Crippen LogP contribution in [-0.4, -0.2) is 142 Å². The molecule has 7 aliphatic rings. The van der Waals surface area contributed by atoms with Crippen LogP contribution in [0.2, 0.25) is 0 Å². The number of nitrogens with zero attached hydrogens (tertiary/aromatic N) is 8. The minimum atomic E-state index is -2.88. The Kier molecular flexibility index (Phi) is 10.8. The Morgan fingerprint density at radius 3 is 2.35 bits per heavy atom. The molecule has 0 saturated carbocycles. The van der Waals surface area contributed by atoms with Gasteiger partial charge in [-0.2, -0.15) is 5.10 Å². The molecule has 18 heteroatoms. The molecule has 0 spiro atoms. The van der Waals surface area contributed by atoms with Gasteiger partial charge in [0.05, 0.1) is 23.7 Å². The zero-order valence-electron chi connectivity index (χ0n) is 35.3. The Labute approximate surface area is 363 Å². The topological polar surface area (TPSA) is 161 Å². The molecule has 10 rings (SSSR count). The van der Waals surface area contributed by atoms with E-state index in [0.717, 1.165) is 46.7 Å². The van der Waals surface area contributed by atoms with Crippen LogP contribution in [0, 0.1) is 0 Å². The number of hydrogen-bond acceptors (Lipinski definition) is 11. The molecule has 4 fully saturated rings. The number of anilines is 3. The summed E-state index contributed by atoms with van der Waals surface area (Å²) in [5, 5.41) is 7.40. The first-order valence-electron chi connectivity index (χ1n) is 22.2. The van der Waals surface area contributed by atoms with E-state index >= 15 is 8.78 Å². The van der Waals surface area contributed by atoms with Crippen LogP contribution in [0.5, 0.6) is 0 Å². The fraction of sp³-hybridized carbons (Fsp3) is 0.533. The van der Waals surface area contributed by atoms with Crippen LogP contribution < -0.4 is 15.1 Å². The van der Waals surface area contributed by atoms with Crippen molar-refractivity contribution in [1.29, 1.82) is 0 Å². The quantitative estimate of drug-likeness (QED) is 0.346. The Balaban J connectivity index is 0.825. The standard InChI is InChI=1S/C45H51F2N9O7/c1-26(57)52-14-9-36-35(25-52)41(49-56(36)28-10-19-63-20-11-28)54-12-2-3-27-21-33(32(40(46)47)23-38(27)54)43(60)53-13-8-30(24-53)51-17-15-50(16-18-51)29-4-5-31-34(22-29)45(62)55(44(31)61)37-6-7-39(58)48-42(37)59/h4-5,21-23,28,30,37,40H,2-3,6-20,24-25H2,1H3,(H,48,58,59)/t30-,37?/m0/s1. The average molecular weight is 868 g/mol. The van der Waals surface area contributed by atoms with Crippen LogP contribution in [0.15, 0.2) is 30.3 Å². The summed E-state index contributed by atoms with van der Waals surface area (Å²) in [5.41, 5.74) is 4.49. The highest BCUT2D eigenvalue weighted by atomic mass is 19.3. The molecule has 1 unspecified atom stereocenters. The lowest BCUT2D eigenvalue weighted by Gasteiger charge is -2.39. The smallest absolute Gasteiger partial charge is 0.264 e. The molecule has 63 heavy (non-hydrogen) atoms. The number of ether oxygens (including phenoxy) is 1. The molecule has 0 aliphatic carbocycles. The summed E-state index contributed by atoms with van der Waals surface area (Å²) in [6.07, 6.45) is 1.68. The second-order valence-electron chi connectivity index (χ2n) is 17.7. The molecule has 332 valence electrons. The van der Waals surface area contributed by atoms with Crippen molar-refractivity contribution in [2.45, 2.75) is 89.4 Å². The third kappa shape index (κ3) is 7.33. The molecular formula is C45H51F2N9O7. The number of carbonyl (C=O) groups is 6. The van der Waals surface area contributed by atoms with E-state index in [1.54, 1.807) is 36.1 Å². The highest BCUT2D eigenvalue weighted by molar-refractivity contribution is 6.23. The number of piperazine rings is 1. The average Bonchev–Trinajstić information content (AvgIpc) is 4.00. The van der Waals surface area contributed by atoms with Gasteiger partial charge in [-0.25, -0.2) is 8.78 Å². The maximum atomic E-state index is 15.1. The van der Waals surface area contributed by atoms with E-state index in [1.165, 1.54) is 6.07 Å². The normalized spacial score (nSPS) is 23.4. The third-order valence-corrected chi connectivity index (χ3v) is 14.2. The predicted octanol–water partition coefficient (Wildman–Crippen LogP) is 3.60. The Hall–Kier alpha value is -5.75. The van der Waals surface area contributed by atoms with E-state index in [1.807, 2.05) is 9.80 Å². The summed E-state index contributed by atoms with van der Waals surface area (Å²) < 4.78 is 37.9. The number of amides is 6. The van der Waals surface area contributed by atoms with Crippen LogP contribution in [0.1, 0.15) is 111 Å².